The summed E-state index contributed by atoms with van der Waals surface area (Å²) in [4.78, 5) is 0. The van der Waals surface area contributed by atoms with E-state index in [9.17, 15) is 0 Å². The van der Waals surface area contributed by atoms with E-state index in [2.05, 4.69) is 17.1 Å². The Morgan fingerprint density at radius 2 is 2.06 bits per heavy atom. The van der Waals surface area contributed by atoms with Crippen molar-refractivity contribution in [3.05, 3.63) is 0 Å². The molecule has 3 fully saturated rings. The molecule has 92 valence electrons. The van der Waals surface area contributed by atoms with Crippen molar-refractivity contribution in [2.45, 2.75) is 50.2 Å². The zero-order valence-electron chi connectivity index (χ0n) is 10.0. The Hall–Kier alpha value is 0.270. The van der Waals surface area contributed by atoms with Crippen LogP contribution in [-0.2, 0) is 4.74 Å². The molecule has 0 bridgehead atoms. The fraction of sp³-hybridized carbons (Fsp3) is 1.00. The van der Waals surface area contributed by atoms with Gasteiger partial charge in [-0.3, -0.25) is 0 Å². The Kier molecular flexibility index (Phi) is 3.46. The molecule has 3 heterocycles. The average molecular weight is 241 g/mol. The van der Waals surface area contributed by atoms with E-state index in [0.29, 0.717) is 0 Å². The van der Waals surface area contributed by atoms with Gasteiger partial charge in [-0.15, -0.1) is 0 Å². The molecule has 0 aromatic carbocycles. The number of thioether (sulfide) groups is 1. The summed E-state index contributed by atoms with van der Waals surface area (Å²) in [6.07, 6.45) is 7.97. The maximum atomic E-state index is 6.16. The van der Waals surface area contributed by atoms with Crippen LogP contribution in [0, 0.1) is 5.92 Å². The fourth-order valence-corrected chi connectivity index (χ4v) is 4.85. The Morgan fingerprint density at radius 3 is 2.81 bits per heavy atom. The first-order valence-corrected chi connectivity index (χ1v) is 7.99. The third-order valence-corrected chi connectivity index (χ3v) is 5.59. The molecule has 3 rings (SSSR count). The molecule has 0 saturated carbocycles. The zero-order chi connectivity index (χ0) is 10.8. The van der Waals surface area contributed by atoms with E-state index in [1.165, 1.54) is 56.6 Å². The molecule has 0 amide bonds. The monoisotopic (exact) mass is 241 g/mol. The molecule has 3 heteroatoms. The van der Waals surface area contributed by atoms with E-state index >= 15 is 0 Å². The number of hydrogen-bond donors (Lipinski definition) is 1. The molecular weight excluding hydrogens is 218 g/mol. The lowest BCUT2D eigenvalue weighted by Crippen LogP contribution is -2.47. The van der Waals surface area contributed by atoms with Crippen molar-refractivity contribution in [2.24, 2.45) is 5.92 Å². The predicted molar refractivity (Wildman–Crippen MR) is 69.0 cm³/mol. The summed E-state index contributed by atoms with van der Waals surface area (Å²) in [5.41, 5.74) is 0.276. The quantitative estimate of drug-likeness (QED) is 0.762. The average Bonchev–Trinajstić information content (AvgIpc) is 2.83. The van der Waals surface area contributed by atoms with Gasteiger partial charge in [0.25, 0.3) is 0 Å². The van der Waals surface area contributed by atoms with Crippen molar-refractivity contribution < 1.29 is 4.74 Å². The second kappa shape index (κ2) is 4.87. The van der Waals surface area contributed by atoms with Gasteiger partial charge in [-0.1, -0.05) is 0 Å². The summed E-state index contributed by atoms with van der Waals surface area (Å²) in [5, 5.41) is 3.69. The first-order valence-electron chi connectivity index (χ1n) is 6.83. The van der Waals surface area contributed by atoms with Crippen LogP contribution in [-0.4, -0.2) is 36.3 Å². The molecule has 1 N–H and O–H groups in total. The minimum absolute atomic E-state index is 0.276. The van der Waals surface area contributed by atoms with Crippen molar-refractivity contribution in [1.82, 2.24) is 5.32 Å². The van der Waals surface area contributed by atoms with Crippen LogP contribution in [0.15, 0.2) is 0 Å². The standard InChI is InChI=1S/C13H23NOS/c1-2-12(14-6-1)11-3-7-15-13(10-11)4-8-16-9-5-13/h11-12,14H,1-10H2. The summed E-state index contributed by atoms with van der Waals surface area (Å²) in [5.74, 6) is 3.51. The summed E-state index contributed by atoms with van der Waals surface area (Å²) in [7, 11) is 0. The third kappa shape index (κ3) is 2.27. The predicted octanol–water partition coefficient (Wildman–Crippen LogP) is 2.43. The van der Waals surface area contributed by atoms with Gasteiger partial charge in [-0.25, -0.2) is 0 Å². The molecule has 3 aliphatic rings. The fourth-order valence-electron chi connectivity index (χ4n) is 3.61. The largest absolute Gasteiger partial charge is 0.375 e. The Morgan fingerprint density at radius 1 is 1.19 bits per heavy atom. The summed E-state index contributed by atoms with van der Waals surface area (Å²) in [6, 6.07) is 0.801. The van der Waals surface area contributed by atoms with Crippen molar-refractivity contribution in [3.8, 4) is 0 Å². The second-order valence-corrected chi connectivity index (χ2v) is 6.82. The van der Waals surface area contributed by atoms with Crippen LogP contribution in [0.4, 0.5) is 0 Å². The molecule has 0 aliphatic carbocycles. The highest BCUT2D eigenvalue weighted by molar-refractivity contribution is 7.99. The molecule has 2 nitrogen and oxygen atoms in total. The molecule has 0 radical (unpaired) electrons. The van der Waals surface area contributed by atoms with Crippen molar-refractivity contribution >= 4 is 11.8 Å². The van der Waals surface area contributed by atoms with E-state index in [1.54, 1.807) is 0 Å². The maximum absolute atomic E-state index is 6.16. The van der Waals surface area contributed by atoms with Crippen molar-refractivity contribution in [3.63, 3.8) is 0 Å². The SMILES string of the molecule is C1CNC(C2CCOC3(CCSCC3)C2)C1. The van der Waals surface area contributed by atoms with Crippen LogP contribution in [0.1, 0.15) is 38.5 Å². The number of hydrogen-bond acceptors (Lipinski definition) is 3. The van der Waals surface area contributed by atoms with Gasteiger partial charge in [0.1, 0.15) is 0 Å². The lowest BCUT2D eigenvalue weighted by Gasteiger charge is -2.44. The van der Waals surface area contributed by atoms with Gasteiger partial charge in [-0.05, 0) is 62.5 Å². The molecule has 3 aliphatic heterocycles. The number of rotatable bonds is 1. The van der Waals surface area contributed by atoms with Gasteiger partial charge in [-0.2, -0.15) is 11.8 Å². The Bertz CT molecular complexity index is 229. The molecule has 0 aromatic rings. The van der Waals surface area contributed by atoms with Gasteiger partial charge in [0.15, 0.2) is 0 Å². The van der Waals surface area contributed by atoms with Crippen LogP contribution in [0.25, 0.3) is 0 Å². The van der Waals surface area contributed by atoms with Gasteiger partial charge in [0.05, 0.1) is 5.60 Å². The van der Waals surface area contributed by atoms with Crippen LogP contribution >= 0.6 is 11.8 Å². The van der Waals surface area contributed by atoms with Crippen molar-refractivity contribution in [2.75, 3.05) is 24.7 Å². The van der Waals surface area contributed by atoms with Crippen molar-refractivity contribution in [1.29, 1.82) is 0 Å². The minimum Gasteiger partial charge on any atom is -0.375 e. The number of ether oxygens (including phenoxy) is 1. The van der Waals surface area contributed by atoms with E-state index < -0.39 is 0 Å². The summed E-state index contributed by atoms with van der Waals surface area (Å²) < 4.78 is 6.16. The normalized spacial score (nSPS) is 39.0. The van der Waals surface area contributed by atoms with Crippen LogP contribution < -0.4 is 5.32 Å². The van der Waals surface area contributed by atoms with Gasteiger partial charge >= 0.3 is 0 Å². The minimum atomic E-state index is 0.276. The Labute approximate surface area is 103 Å². The highest BCUT2D eigenvalue weighted by atomic mass is 32.2. The van der Waals surface area contributed by atoms with E-state index in [1.807, 2.05) is 0 Å². The van der Waals surface area contributed by atoms with E-state index in [0.717, 1.165) is 18.6 Å². The smallest absolute Gasteiger partial charge is 0.0701 e. The summed E-state index contributed by atoms with van der Waals surface area (Å²) in [6.45, 7) is 2.25. The molecule has 1 spiro atoms. The Balaban J connectivity index is 1.64. The van der Waals surface area contributed by atoms with Gasteiger partial charge in [0.2, 0.25) is 0 Å². The zero-order valence-corrected chi connectivity index (χ0v) is 10.9. The topological polar surface area (TPSA) is 21.3 Å². The molecule has 3 saturated heterocycles. The molecule has 2 unspecified atom stereocenters. The lowest BCUT2D eigenvalue weighted by atomic mass is 9.78. The molecule has 2 atom stereocenters. The van der Waals surface area contributed by atoms with E-state index in [-0.39, 0.29) is 5.60 Å². The van der Waals surface area contributed by atoms with Crippen LogP contribution in [0.5, 0.6) is 0 Å². The second-order valence-electron chi connectivity index (χ2n) is 5.60. The highest BCUT2D eigenvalue weighted by Gasteiger charge is 2.41. The summed E-state index contributed by atoms with van der Waals surface area (Å²) >= 11 is 2.10. The van der Waals surface area contributed by atoms with E-state index in [4.69, 9.17) is 4.74 Å². The number of nitrogens with one attached hydrogen (secondary N) is 1. The molecule has 16 heavy (non-hydrogen) atoms. The third-order valence-electron chi connectivity index (χ3n) is 4.60. The van der Waals surface area contributed by atoms with Gasteiger partial charge in [0, 0.05) is 12.6 Å². The highest BCUT2D eigenvalue weighted by Crippen LogP contribution is 2.41. The molecule has 0 aromatic heterocycles. The van der Waals surface area contributed by atoms with Gasteiger partial charge < -0.3 is 10.1 Å². The first kappa shape index (κ1) is 11.4. The molecular formula is C13H23NOS. The first-order chi connectivity index (χ1) is 7.88. The van der Waals surface area contributed by atoms with Crippen LogP contribution in [0.2, 0.25) is 0 Å². The lowest BCUT2D eigenvalue weighted by molar-refractivity contribution is -0.106. The maximum Gasteiger partial charge on any atom is 0.0701 e. The van der Waals surface area contributed by atoms with Crippen LogP contribution in [0.3, 0.4) is 0 Å².